The molecular weight excluding hydrogens is 543 g/mol. The van der Waals surface area contributed by atoms with Crippen LogP contribution in [0.4, 0.5) is 0 Å². The van der Waals surface area contributed by atoms with Crippen molar-refractivity contribution >= 4 is 36.5 Å². The van der Waals surface area contributed by atoms with E-state index in [0.29, 0.717) is 12.1 Å². The molecule has 1 amide bonds. The summed E-state index contributed by atoms with van der Waals surface area (Å²) in [5.41, 5.74) is -0.713. The fraction of sp³-hybridized carbons (Fsp3) is 0.467. The summed E-state index contributed by atoms with van der Waals surface area (Å²) < 4.78 is 11.2. The molecule has 0 unspecified atom stereocenters. The van der Waals surface area contributed by atoms with E-state index in [1.165, 1.54) is 13.0 Å². The van der Waals surface area contributed by atoms with Gasteiger partial charge in [-0.2, -0.15) is 0 Å². The second-order valence-corrected chi connectivity index (χ2v) is 11.0. The zero-order chi connectivity index (χ0) is 31.0. The molecule has 4 atom stereocenters. The molecule has 42 heavy (non-hydrogen) atoms. The van der Waals surface area contributed by atoms with Crippen molar-refractivity contribution in [3.63, 3.8) is 0 Å². The molecule has 0 saturated carbocycles. The van der Waals surface area contributed by atoms with Gasteiger partial charge in [0.05, 0.1) is 18.2 Å². The second kappa shape index (κ2) is 14.3. The minimum absolute atomic E-state index is 0.0203. The third-order valence-electron chi connectivity index (χ3n) is 7.08. The van der Waals surface area contributed by atoms with Crippen LogP contribution in [0.15, 0.2) is 48.5 Å². The topological polar surface area (TPSA) is 169 Å². The van der Waals surface area contributed by atoms with Crippen molar-refractivity contribution in [3.8, 4) is 11.3 Å². The van der Waals surface area contributed by atoms with Gasteiger partial charge in [-0.25, -0.2) is 9.78 Å². The fourth-order valence-corrected chi connectivity index (χ4v) is 4.93. The maximum absolute atomic E-state index is 13.5. The normalized spacial score (nSPS) is 19.0. The highest BCUT2D eigenvalue weighted by molar-refractivity contribution is 6.50. The number of carboxylic acids is 1. The maximum Gasteiger partial charge on any atom is 0.531 e. The van der Waals surface area contributed by atoms with Crippen molar-refractivity contribution in [1.29, 1.82) is 0 Å². The Hall–Kier alpha value is -3.90. The number of ketones is 2. The van der Waals surface area contributed by atoms with Crippen LogP contribution in [0.3, 0.4) is 0 Å². The third-order valence-corrected chi connectivity index (χ3v) is 7.08. The van der Waals surface area contributed by atoms with Crippen LogP contribution >= 0.6 is 0 Å². The molecule has 11 nitrogen and oxygen atoms in total. The molecule has 1 aromatic carbocycles. The van der Waals surface area contributed by atoms with E-state index in [1.54, 1.807) is 19.1 Å². The predicted molar refractivity (Wildman–Crippen MR) is 153 cm³/mol. The van der Waals surface area contributed by atoms with Gasteiger partial charge in [0.2, 0.25) is 0 Å². The molecule has 1 aliphatic heterocycles. The van der Waals surface area contributed by atoms with Gasteiger partial charge in [0.25, 0.3) is 11.9 Å². The van der Waals surface area contributed by atoms with Crippen LogP contribution in [-0.2, 0) is 28.5 Å². The molecule has 0 bridgehead atoms. The Bertz CT molecular complexity index is 1300. The average molecular weight is 580 g/mol. The summed E-state index contributed by atoms with van der Waals surface area (Å²) in [6.07, 6.45) is -2.40. The van der Waals surface area contributed by atoms with E-state index >= 15 is 0 Å². The lowest BCUT2D eigenvalue weighted by Gasteiger charge is -2.38. The van der Waals surface area contributed by atoms with E-state index in [1.807, 2.05) is 44.2 Å². The largest absolute Gasteiger partial charge is 0.531 e. The number of carboxylic acid groups (broad SMARTS) is 1. The summed E-state index contributed by atoms with van der Waals surface area (Å²) in [5, 5.41) is 23.0. The maximum atomic E-state index is 13.5. The molecule has 224 valence electrons. The molecule has 1 fully saturated rings. The van der Waals surface area contributed by atoms with Crippen molar-refractivity contribution in [3.05, 3.63) is 54.2 Å². The highest BCUT2D eigenvalue weighted by atomic mass is 16.6. The molecule has 2 aromatic rings. The first-order valence-corrected chi connectivity index (χ1v) is 14.0. The van der Waals surface area contributed by atoms with Gasteiger partial charge in [-0.15, -0.1) is 0 Å². The summed E-state index contributed by atoms with van der Waals surface area (Å²) in [6.45, 7) is 6.67. The Balaban J connectivity index is 1.82. The minimum Gasteiger partial charge on any atom is -0.509 e. The van der Waals surface area contributed by atoms with Gasteiger partial charge in [-0.1, -0.05) is 57.2 Å². The number of aliphatic hydroxyl groups is 1. The van der Waals surface area contributed by atoms with Crippen molar-refractivity contribution in [2.45, 2.75) is 83.4 Å². The zero-order valence-corrected chi connectivity index (χ0v) is 24.2. The molecule has 1 saturated heterocycles. The number of amides is 1. The van der Waals surface area contributed by atoms with Gasteiger partial charge in [-0.05, 0) is 31.4 Å². The number of carbonyl (C=O) groups excluding carboxylic acids is 4. The molecule has 3 N–H and O–H groups in total. The van der Waals surface area contributed by atoms with Gasteiger partial charge in [0.1, 0.15) is 17.5 Å². The highest BCUT2D eigenvalue weighted by Crippen LogP contribution is 2.36. The molecule has 12 heteroatoms. The van der Waals surface area contributed by atoms with E-state index in [9.17, 15) is 34.2 Å². The number of pyridine rings is 1. The van der Waals surface area contributed by atoms with Crippen molar-refractivity contribution < 1.29 is 43.5 Å². The molecule has 0 aliphatic carbocycles. The first-order valence-electron chi connectivity index (χ1n) is 14.0. The van der Waals surface area contributed by atoms with Crippen molar-refractivity contribution in [2.24, 2.45) is 5.92 Å². The number of carbonyl (C=O) groups is 5. The van der Waals surface area contributed by atoms with E-state index in [2.05, 4.69) is 10.3 Å². The summed E-state index contributed by atoms with van der Waals surface area (Å²) in [7, 11) is -1.42. The van der Waals surface area contributed by atoms with Crippen LogP contribution < -0.4 is 5.32 Å². The van der Waals surface area contributed by atoms with Gasteiger partial charge in [0.15, 0.2) is 11.4 Å². The third kappa shape index (κ3) is 8.33. The van der Waals surface area contributed by atoms with Gasteiger partial charge < -0.3 is 24.8 Å². The van der Waals surface area contributed by atoms with Gasteiger partial charge in [0, 0.05) is 30.6 Å². The standard InChI is InChI=1S/C30H37BN2O9/c1-5-22(35)16-30(29(39)40)17-26(37)41-31(42-30)21(14-18(2)3)15-25(36)27(19(4)34)33-28(38)24-13-9-12-23(32-24)20-10-7-6-8-11-20/h6-13,18-19,21,27,34H,5,14-17H2,1-4H3,(H,33,38)(H,39,40)/t19-,21-,27+,30+/m1/s1. The van der Waals surface area contributed by atoms with Gasteiger partial charge in [-0.3, -0.25) is 19.2 Å². The van der Waals surface area contributed by atoms with Crippen molar-refractivity contribution in [1.82, 2.24) is 10.3 Å². The summed E-state index contributed by atoms with van der Waals surface area (Å²) in [6, 6.07) is 12.8. The number of hydrogen-bond acceptors (Lipinski definition) is 9. The lowest BCUT2D eigenvalue weighted by Crippen LogP contribution is -2.56. The molecule has 2 heterocycles. The molecule has 1 aliphatic rings. The summed E-state index contributed by atoms with van der Waals surface area (Å²) in [4.78, 5) is 68.0. The van der Waals surface area contributed by atoms with E-state index in [4.69, 9.17) is 9.31 Å². The Labute approximate surface area is 245 Å². The molecule has 3 rings (SSSR count). The lowest BCUT2D eigenvalue weighted by molar-refractivity contribution is -0.172. The first-order chi connectivity index (χ1) is 19.8. The minimum atomic E-state index is -2.11. The van der Waals surface area contributed by atoms with Crippen LogP contribution in [0.2, 0.25) is 5.82 Å². The molecule has 0 spiro atoms. The second-order valence-electron chi connectivity index (χ2n) is 11.0. The predicted octanol–water partition coefficient (Wildman–Crippen LogP) is 3.25. The number of aliphatic hydroxyl groups excluding tert-OH is 1. The zero-order valence-electron chi connectivity index (χ0n) is 24.2. The first kappa shape index (κ1) is 32.6. The molecular formula is C30H37BN2O9. The van der Waals surface area contributed by atoms with Crippen LogP contribution in [0.1, 0.15) is 70.3 Å². The fourth-order valence-electron chi connectivity index (χ4n) is 4.93. The summed E-state index contributed by atoms with van der Waals surface area (Å²) >= 11 is 0. The Morgan fingerprint density at radius 1 is 1.07 bits per heavy atom. The van der Waals surface area contributed by atoms with E-state index in [-0.39, 0.29) is 24.5 Å². The molecule has 1 aromatic heterocycles. The van der Waals surface area contributed by atoms with Gasteiger partial charge >= 0.3 is 13.1 Å². The molecule has 0 radical (unpaired) electrons. The SMILES string of the molecule is CCC(=O)C[C@@]1(C(=O)O)CC(=O)OB([C@@H](CC(=O)[C@@H](NC(=O)c2cccc(-c3ccccc3)n2)[C@@H](C)O)CC(C)C)O1. The number of Topliss-reactive ketones (excluding diaryl/α,β-unsaturated/α-hetero) is 2. The van der Waals surface area contributed by atoms with Crippen LogP contribution in [0.25, 0.3) is 11.3 Å². The number of benzene rings is 1. The lowest BCUT2D eigenvalue weighted by atomic mass is 9.63. The van der Waals surface area contributed by atoms with Crippen LogP contribution in [0, 0.1) is 5.92 Å². The number of hydrogen-bond donors (Lipinski definition) is 3. The Morgan fingerprint density at radius 3 is 2.36 bits per heavy atom. The monoisotopic (exact) mass is 580 g/mol. The van der Waals surface area contributed by atoms with E-state index < -0.39 is 72.9 Å². The number of rotatable bonds is 14. The number of aliphatic carboxylic acids is 1. The summed E-state index contributed by atoms with van der Waals surface area (Å²) in [5.74, 6) is -4.80. The van der Waals surface area contributed by atoms with Crippen molar-refractivity contribution in [2.75, 3.05) is 0 Å². The van der Waals surface area contributed by atoms with E-state index in [0.717, 1.165) is 5.56 Å². The number of nitrogens with zero attached hydrogens (tertiary/aromatic N) is 1. The smallest absolute Gasteiger partial charge is 0.509 e. The highest BCUT2D eigenvalue weighted by Gasteiger charge is 2.54. The Morgan fingerprint density at radius 2 is 1.76 bits per heavy atom. The van der Waals surface area contributed by atoms with Crippen LogP contribution in [0.5, 0.6) is 0 Å². The number of aromatic nitrogens is 1. The Kier molecular flexibility index (Phi) is 11.1. The number of nitrogens with one attached hydrogen (secondary N) is 1. The average Bonchev–Trinajstić information content (AvgIpc) is 2.95. The quantitative estimate of drug-likeness (QED) is 0.282. The van der Waals surface area contributed by atoms with Crippen LogP contribution in [-0.4, -0.2) is 69.5 Å².